The molecule has 2 aromatic rings. The smallest absolute Gasteiger partial charge is 0.252 e. The minimum atomic E-state index is -0.255. The van der Waals surface area contributed by atoms with Gasteiger partial charge >= 0.3 is 0 Å². The van der Waals surface area contributed by atoms with Crippen molar-refractivity contribution in [1.29, 1.82) is 0 Å². The SMILES string of the molecule is Cc1cscc1C(=O)N[C@H](CO)Cc1ccccc1. The third-order valence-electron chi connectivity index (χ3n) is 2.98. The first-order valence-electron chi connectivity index (χ1n) is 6.19. The van der Waals surface area contributed by atoms with E-state index < -0.39 is 0 Å². The summed E-state index contributed by atoms with van der Waals surface area (Å²) in [6.45, 7) is 1.85. The lowest BCUT2D eigenvalue weighted by Crippen LogP contribution is -2.39. The van der Waals surface area contributed by atoms with Crippen molar-refractivity contribution in [2.75, 3.05) is 6.61 Å². The van der Waals surface area contributed by atoms with Crippen LogP contribution in [0, 0.1) is 6.92 Å². The fraction of sp³-hybridized carbons (Fsp3) is 0.267. The summed E-state index contributed by atoms with van der Waals surface area (Å²) in [4.78, 5) is 12.1. The van der Waals surface area contributed by atoms with Crippen LogP contribution < -0.4 is 5.32 Å². The van der Waals surface area contributed by atoms with Crippen molar-refractivity contribution in [3.8, 4) is 0 Å². The number of thiophene rings is 1. The number of benzene rings is 1. The molecule has 0 aliphatic rings. The van der Waals surface area contributed by atoms with Crippen molar-refractivity contribution >= 4 is 17.2 Å². The molecule has 1 aromatic carbocycles. The van der Waals surface area contributed by atoms with Gasteiger partial charge in [-0.15, -0.1) is 0 Å². The molecule has 0 unspecified atom stereocenters. The van der Waals surface area contributed by atoms with E-state index in [4.69, 9.17) is 0 Å². The Hall–Kier alpha value is -1.65. The number of carbonyl (C=O) groups excluding carboxylic acids is 1. The van der Waals surface area contributed by atoms with E-state index in [2.05, 4.69) is 5.32 Å². The van der Waals surface area contributed by atoms with Crippen LogP contribution in [-0.4, -0.2) is 23.7 Å². The quantitative estimate of drug-likeness (QED) is 0.880. The van der Waals surface area contributed by atoms with E-state index in [1.807, 2.05) is 48.0 Å². The second kappa shape index (κ2) is 6.50. The van der Waals surface area contributed by atoms with Gasteiger partial charge in [-0.05, 0) is 29.9 Å². The predicted octanol–water partition coefficient (Wildman–Crippen LogP) is 2.39. The Kier molecular flexibility index (Phi) is 4.71. The third-order valence-corrected chi connectivity index (χ3v) is 3.84. The Balaban J connectivity index is 2.00. The standard InChI is InChI=1S/C15H17NO2S/c1-11-9-19-10-14(11)15(18)16-13(8-17)7-12-5-3-2-4-6-12/h2-6,9-10,13,17H,7-8H2,1H3,(H,16,18)/t13-/m0/s1. The van der Waals surface area contributed by atoms with E-state index in [0.29, 0.717) is 12.0 Å². The molecule has 1 heterocycles. The van der Waals surface area contributed by atoms with Crippen LogP contribution in [0.4, 0.5) is 0 Å². The Bertz CT molecular complexity index is 536. The van der Waals surface area contributed by atoms with Gasteiger partial charge in [0.1, 0.15) is 0 Å². The summed E-state index contributed by atoms with van der Waals surface area (Å²) in [5, 5.41) is 16.0. The molecule has 2 rings (SSSR count). The number of rotatable bonds is 5. The highest BCUT2D eigenvalue weighted by molar-refractivity contribution is 7.08. The topological polar surface area (TPSA) is 49.3 Å². The van der Waals surface area contributed by atoms with Crippen LogP contribution in [0.15, 0.2) is 41.1 Å². The van der Waals surface area contributed by atoms with Crippen LogP contribution in [0.2, 0.25) is 0 Å². The van der Waals surface area contributed by atoms with Crippen LogP contribution in [-0.2, 0) is 6.42 Å². The van der Waals surface area contributed by atoms with Crippen molar-refractivity contribution in [2.24, 2.45) is 0 Å². The van der Waals surface area contributed by atoms with Gasteiger partial charge < -0.3 is 10.4 Å². The van der Waals surface area contributed by atoms with Gasteiger partial charge in [-0.3, -0.25) is 4.79 Å². The Morgan fingerprint density at radius 1 is 1.32 bits per heavy atom. The molecule has 0 saturated heterocycles. The highest BCUT2D eigenvalue weighted by Crippen LogP contribution is 2.14. The fourth-order valence-corrected chi connectivity index (χ4v) is 2.74. The zero-order valence-corrected chi connectivity index (χ0v) is 11.6. The molecule has 3 nitrogen and oxygen atoms in total. The van der Waals surface area contributed by atoms with E-state index in [1.165, 1.54) is 11.3 Å². The number of hydrogen-bond acceptors (Lipinski definition) is 3. The van der Waals surface area contributed by atoms with Gasteiger partial charge in [0.25, 0.3) is 5.91 Å². The molecule has 0 aliphatic heterocycles. The number of aliphatic hydroxyl groups excluding tert-OH is 1. The van der Waals surface area contributed by atoms with Crippen LogP contribution >= 0.6 is 11.3 Å². The van der Waals surface area contributed by atoms with E-state index in [9.17, 15) is 9.90 Å². The van der Waals surface area contributed by atoms with Crippen LogP contribution in [0.3, 0.4) is 0 Å². The molecule has 19 heavy (non-hydrogen) atoms. The highest BCUT2D eigenvalue weighted by Gasteiger charge is 2.15. The second-order valence-electron chi connectivity index (χ2n) is 4.51. The maximum Gasteiger partial charge on any atom is 0.252 e. The van der Waals surface area contributed by atoms with Crippen LogP contribution in [0.1, 0.15) is 21.5 Å². The molecule has 0 bridgehead atoms. The highest BCUT2D eigenvalue weighted by atomic mass is 32.1. The number of hydrogen-bond donors (Lipinski definition) is 2. The lowest BCUT2D eigenvalue weighted by Gasteiger charge is -2.16. The number of nitrogens with one attached hydrogen (secondary N) is 1. The summed E-state index contributed by atoms with van der Waals surface area (Å²) in [5.74, 6) is -0.117. The molecule has 0 aliphatic carbocycles. The number of aryl methyl sites for hydroxylation is 1. The molecule has 1 aromatic heterocycles. The summed E-state index contributed by atoms with van der Waals surface area (Å²) in [6.07, 6.45) is 0.631. The van der Waals surface area contributed by atoms with Crippen LogP contribution in [0.25, 0.3) is 0 Å². The summed E-state index contributed by atoms with van der Waals surface area (Å²) < 4.78 is 0. The average Bonchev–Trinajstić information content (AvgIpc) is 2.85. The first-order valence-corrected chi connectivity index (χ1v) is 7.13. The Morgan fingerprint density at radius 3 is 2.63 bits per heavy atom. The fourth-order valence-electron chi connectivity index (χ4n) is 1.92. The summed E-state index contributed by atoms with van der Waals surface area (Å²) in [7, 11) is 0. The molecule has 1 atom stereocenters. The van der Waals surface area contributed by atoms with Crippen LogP contribution in [0.5, 0.6) is 0 Å². The number of amides is 1. The minimum Gasteiger partial charge on any atom is -0.394 e. The lowest BCUT2D eigenvalue weighted by molar-refractivity contribution is 0.0916. The molecule has 2 N–H and O–H groups in total. The Morgan fingerprint density at radius 2 is 2.05 bits per heavy atom. The maximum absolute atomic E-state index is 12.1. The number of aliphatic hydroxyl groups is 1. The third kappa shape index (κ3) is 3.66. The summed E-state index contributed by atoms with van der Waals surface area (Å²) >= 11 is 1.51. The molecule has 1 amide bonds. The van der Waals surface area contributed by atoms with Crippen molar-refractivity contribution < 1.29 is 9.90 Å². The van der Waals surface area contributed by atoms with Crippen molar-refractivity contribution in [3.63, 3.8) is 0 Å². The van der Waals surface area contributed by atoms with E-state index in [-0.39, 0.29) is 18.6 Å². The minimum absolute atomic E-state index is 0.0657. The van der Waals surface area contributed by atoms with Crippen molar-refractivity contribution in [3.05, 3.63) is 57.8 Å². The van der Waals surface area contributed by atoms with E-state index >= 15 is 0 Å². The molecule has 0 fully saturated rings. The van der Waals surface area contributed by atoms with Gasteiger partial charge in [0.05, 0.1) is 18.2 Å². The van der Waals surface area contributed by atoms with E-state index in [0.717, 1.165) is 11.1 Å². The lowest BCUT2D eigenvalue weighted by atomic mass is 10.1. The van der Waals surface area contributed by atoms with Crippen molar-refractivity contribution in [2.45, 2.75) is 19.4 Å². The Labute approximate surface area is 116 Å². The van der Waals surface area contributed by atoms with Crippen molar-refractivity contribution in [1.82, 2.24) is 5.32 Å². The normalized spacial score (nSPS) is 12.1. The van der Waals surface area contributed by atoms with E-state index in [1.54, 1.807) is 0 Å². The molecule has 100 valence electrons. The second-order valence-corrected chi connectivity index (χ2v) is 5.25. The van der Waals surface area contributed by atoms with Gasteiger partial charge in [-0.2, -0.15) is 11.3 Å². The molecule has 0 saturated carbocycles. The molecular weight excluding hydrogens is 258 g/mol. The maximum atomic E-state index is 12.1. The number of carbonyl (C=O) groups is 1. The van der Waals surface area contributed by atoms with Gasteiger partial charge in [0, 0.05) is 5.38 Å². The first-order chi connectivity index (χ1) is 9.20. The average molecular weight is 275 g/mol. The zero-order valence-electron chi connectivity index (χ0n) is 10.8. The predicted molar refractivity (Wildman–Crippen MR) is 77.5 cm³/mol. The van der Waals surface area contributed by atoms with Gasteiger partial charge in [0.15, 0.2) is 0 Å². The zero-order chi connectivity index (χ0) is 13.7. The molecular formula is C15H17NO2S. The first kappa shape index (κ1) is 13.8. The summed E-state index contributed by atoms with van der Waals surface area (Å²) in [5.41, 5.74) is 2.76. The van der Waals surface area contributed by atoms with Gasteiger partial charge in [0.2, 0.25) is 0 Å². The monoisotopic (exact) mass is 275 g/mol. The van der Waals surface area contributed by atoms with Gasteiger partial charge in [-0.1, -0.05) is 30.3 Å². The van der Waals surface area contributed by atoms with Gasteiger partial charge in [-0.25, -0.2) is 0 Å². The molecule has 0 radical (unpaired) electrons. The summed E-state index contributed by atoms with van der Waals surface area (Å²) in [6, 6.07) is 9.58. The molecule has 0 spiro atoms. The molecule has 4 heteroatoms. The largest absolute Gasteiger partial charge is 0.394 e.